The Balaban J connectivity index is 0.000000558. The molecule has 0 aliphatic heterocycles. The van der Waals surface area contributed by atoms with E-state index in [0.717, 1.165) is 44.7 Å². The van der Waals surface area contributed by atoms with Crippen LogP contribution in [0.5, 0.6) is 0 Å². The molecule has 0 spiro atoms. The van der Waals surface area contributed by atoms with Gasteiger partial charge >= 0.3 is 247 Å². The number of nitrogens with zero attached hydrogens (tertiary/aromatic N) is 12. The Morgan fingerprint density at radius 2 is 0.667 bits per heavy atom. The fourth-order valence-corrected chi connectivity index (χ4v) is 6.64. The first-order valence-electron chi connectivity index (χ1n) is 11.3. The minimum absolute atomic E-state index is 0. The number of aromatic nitrogens is 12. The van der Waals surface area contributed by atoms with Gasteiger partial charge in [0.25, 0.3) is 0 Å². The number of fused-ring (bicyclic) bond motifs is 4. The summed E-state index contributed by atoms with van der Waals surface area (Å²) in [5.41, 5.74) is 6.98. The van der Waals surface area contributed by atoms with Crippen LogP contribution in [0.25, 0.3) is 44.7 Å². The fourth-order valence-electron chi connectivity index (χ4n) is 2.53. The predicted molar refractivity (Wildman–Crippen MR) is 162 cm³/mol. The SMILES string of the molecule is ClC(Cl)Cl.O.[Cl-].[Cu+2].[O-][Cl+3]([O-])([O-])[O-].c1cnc2n[se]nc2c1.c1cnc2n[se]nc2c1.c1cnc2n[se]nc2c1.c1cnc2n[se]nc2c1. The van der Waals surface area contributed by atoms with Crippen molar-refractivity contribution in [2.24, 2.45) is 0 Å². The van der Waals surface area contributed by atoms with E-state index in [1.807, 2.05) is 48.5 Å². The van der Waals surface area contributed by atoms with Crippen LogP contribution < -0.4 is 31.0 Å². The van der Waals surface area contributed by atoms with Crippen molar-refractivity contribution in [3.05, 3.63) is 73.3 Å². The van der Waals surface area contributed by atoms with Crippen molar-refractivity contribution in [1.29, 1.82) is 0 Å². The van der Waals surface area contributed by atoms with Crippen molar-refractivity contribution in [1.82, 2.24) is 51.8 Å². The second-order valence-electron chi connectivity index (χ2n) is 7.07. The number of pyridine rings is 4. The monoisotopic (exact) mass is 1070 g/mol. The molecule has 0 atom stereocenters. The zero-order valence-electron chi connectivity index (χ0n) is 22.8. The molecule has 48 heavy (non-hydrogen) atoms. The van der Waals surface area contributed by atoms with Gasteiger partial charge < -0.3 is 17.9 Å². The maximum atomic E-state index is 8.49. The molecule has 17 nitrogen and oxygen atoms in total. The second kappa shape index (κ2) is 25.7. The quantitative estimate of drug-likeness (QED) is 0.101. The average molecular weight is 1070 g/mol. The van der Waals surface area contributed by atoms with E-state index in [9.17, 15) is 0 Å². The molecule has 0 unspecified atom stereocenters. The molecule has 8 heterocycles. The van der Waals surface area contributed by atoms with E-state index in [0.29, 0.717) is 0 Å². The molecule has 0 saturated heterocycles. The van der Waals surface area contributed by atoms with Crippen molar-refractivity contribution in [2.75, 3.05) is 0 Å². The molecule has 0 bridgehead atoms. The van der Waals surface area contributed by atoms with Crippen molar-refractivity contribution >= 4 is 139 Å². The van der Waals surface area contributed by atoms with Crippen LogP contribution in [0.1, 0.15) is 0 Å². The molecule has 1 radical (unpaired) electrons. The first-order chi connectivity index (χ1) is 21.6. The number of hydrogen-bond acceptors (Lipinski definition) is 16. The zero-order valence-corrected chi connectivity index (χ0v) is 34.4. The standard InChI is InChI=1S/4C5H3N3Se.CHCl3.ClHO4.ClH.Cu.H2O/c4*1-2-4-5(6-3-1)8-9-7-4;2-1(3)4;2-1(3,4)5;;;/h4*1-3H;1H;(H,2,3,4,5);1H;;1H2/q;;;;;;;+2;/p-2. The Hall–Kier alpha value is -1.15. The third-order valence-corrected chi connectivity index (χ3v) is 8.60. The number of rotatable bonds is 0. The van der Waals surface area contributed by atoms with Crippen molar-refractivity contribution < 1.29 is 63.8 Å². The Bertz CT molecular complexity index is 1600. The van der Waals surface area contributed by atoms with Gasteiger partial charge in [0.2, 0.25) is 0 Å². The third-order valence-electron chi connectivity index (χ3n) is 4.13. The van der Waals surface area contributed by atoms with E-state index in [-0.39, 0.29) is 94.8 Å². The van der Waals surface area contributed by atoms with Gasteiger partial charge in [0, 0.05) is 0 Å². The number of alkyl halides is 3. The van der Waals surface area contributed by atoms with Gasteiger partial charge in [-0.15, -0.1) is 10.2 Å². The van der Waals surface area contributed by atoms with E-state index in [1.54, 1.807) is 24.8 Å². The normalized spacial score (nSPS) is 9.67. The van der Waals surface area contributed by atoms with Crippen LogP contribution in [-0.2, 0) is 17.1 Å². The van der Waals surface area contributed by atoms with Crippen molar-refractivity contribution in [3.63, 3.8) is 0 Å². The van der Waals surface area contributed by atoms with E-state index in [2.05, 4.69) is 51.8 Å². The number of hydrogen-bond donors (Lipinski definition) is 0. The minimum atomic E-state index is -4.94. The first kappa shape index (κ1) is 46.8. The molecular formula is C21H15Cl5CuN12O5Se4. The van der Waals surface area contributed by atoms with E-state index < -0.39 is 14.5 Å². The van der Waals surface area contributed by atoms with Gasteiger partial charge in [0.15, 0.2) is 4.30 Å². The molecule has 0 fully saturated rings. The topological polar surface area (TPSA) is 278 Å². The summed E-state index contributed by atoms with van der Waals surface area (Å²) >= 11 is 14.7. The van der Waals surface area contributed by atoms with Crippen molar-refractivity contribution in [2.45, 2.75) is 4.30 Å². The van der Waals surface area contributed by atoms with Crippen LogP contribution in [0, 0.1) is 10.2 Å². The third kappa shape index (κ3) is 19.3. The molecular weight excluding hydrogens is 1060 g/mol. The van der Waals surface area contributed by atoms with Gasteiger partial charge in [-0.1, -0.05) is 34.8 Å². The molecule has 8 aromatic rings. The van der Waals surface area contributed by atoms with Crippen molar-refractivity contribution in [3.8, 4) is 0 Å². The summed E-state index contributed by atoms with van der Waals surface area (Å²) in [4.78, 5) is 16.1. The summed E-state index contributed by atoms with van der Waals surface area (Å²) in [6.07, 6.45) is 6.94. The molecule has 2 N–H and O–H groups in total. The molecule has 0 aliphatic carbocycles. The molecule has 0 aliphatic rings. The molecule has 8 rings (SSSR count). The van der Waals surface area contributed by atoms with Crippen LogP contribution >= 0.6 is 34.8 Å². The van der Waals surface area contributed by atoms with Crippen LogP contribution in [0.2, 0.25) is 0 Å². The molecule has 0 aromatic carbocycles. The summed E-state index contributed by atoms with van der Waals surface area (Å²) in [5, 5.41) is 0. The van der Waals surface area contributed by atoms with E-state index >= 15 is 0 Å². The maximum absolute atomic E-state index is 8.49. The molecule has 8 aromatic heterocycles. The first-order valence-corrected chi connectivity index (χ1v) is 19.9. The fraction of sp³-hybridized carbons (Fsp3) is 0.0476. The summed E-state index contributed by atoms with van der Waals surface area (Å²) < 4.78 is 66.1. The van der Waals surface area contributed by atoms with E-state index in [1.165, 1.54) is 0 Å². The second-order valence-corrected chi connectivity index (χ2v) is 14.2. The average Bonchev–Trinajstić information content (AvgIpc) is 3.83. The Kier molecular flexibility index (Phi) is 25.1. The molecule has 27 heteroatoms. The summed E-state index contributed by atoms with van der Waals surface area (Å²) in [6, 6.07) is 15.2. The molecule has 0 amide bonds. The summed E-state index contributed by atoms with van der Waals surface area (Å²) in [7, 11) is -4.94. The predicted octanol–water partition coefficient (Wildman–Crippen LogP) is -6.27. The molecule has 0 saturated carbocycles. The van der Waals surface area contributed by atoms with E-state index in [4.69, 9.17) is 53.4 Å². The zero-order chi connectivity index (χ0) is 32.5. The van der Waals surface area contributed by atoms with Gasteiger partial charge in [-0.2, -0.15) is 0 Å². The Morgan fingerprint density at radius 1 is 0.479 bits per heavy atom. The van der Waals surface area contributed by atoms with Gasteiger partial charge in [-0.25, -0.2) is 18.6 Å². The van der Waals surface area contributed by atoms with Gasteiger partial charge in [0.1, 0.15) is 0 Å². The Morgan fingerprint density at radius 3 is 0.833 bits per heavy atom. The van der Waals surface area contributed by atoms with Crippen LogP contribution in [0.3, 0.4) is 0 Å². The van der Waals surface area contributed by atoms with Crippen LogP contribution in [-0.4, -0.2) is 121 Å². The van der Waals surface area contributed by atoms with Crippen LogP contribution in [0.15, 0.2) is 73.3 Å². The van der Waals surface area contributed by atoms with Gasteiger partial charge in [-0.05, 0) is 0 Å². The number of halogens is 5. The van der Waals surface area contributed by atoms with Crippen LogP contribution in [0.4, 0.5) is 0 Å². The molecule has 259 valence electrons. The van der Waals surface area contributed by atoms with Gasteiger partial charge in [0.05, 0.1) is 0 Å². The Labute approximate surface area is 329 Å². The summed E-state index contributed by atoms with van der Waals surface area (Å²) in [6.45, 7) is 0. The summed E-state index contributed by atoms with van der Waals surface area (Å²) in [5.74, 6) is 0. The van der Waals surface area contributed by atoms with Gasteiger partial charge in [-0.3, -0.25) is 0 Å².